The van der Waals surface area contributed by atoms with Crippen LogP contribution in [0.5, 0.6) is 0 Å². The molecule has 1 amide bonds. The van der Waals surface area contributed by atoms with Gasteiger partial charge < -0.3 is 10.2 Å². The molecule has 1 N–H and O–H groups in total. The number of hydrogen-bond acceptors (Lipinski definition) is 5. The number of amides is 1. The summed E-state index contributed by atoms with van der Waals surface area (Å²) in [6.07, 6.45) is 2.11. The molecular formula is C18H20FN3O3S. The van der Waals surface area contributed by atoms with Crippen LogP contribution in [0.4, 0.5) is 10.1 Å². The zero-order chi connectivity index (χ0) is 18.7. The van der Waals surface area contributed by atoms with Gasteiger partial charge in [0.05, 0.1) is 11.5 Å². The van der Waals surface area contributed by atoms with Gasteiger partial charge in [0.25, 0.3) is 5.91 Å². The highest BCUT2D eigenvalue weighted by Gasteiger charge is 2.31. The number of sulfone groups is 1. The molecule has 0 bridgehead atoms. The maximum Gasteiger partial charge on any atom is 0.270 e. The third-order valence-electron chi connectivity index (χ3n) is 4.51. The van der Waals surface area contributed by atoms with Gasteiger partial charge in [-0.1, -0.05) is 12.1 Å². The molecule has 1 saturated heterocycles. The van der Waals surface area contributed by atoms with Gasteiger partial charge in [0.2, 0.25) is 0 Å². The second kappa shape index (κ2) is 7.41. The minimum atomic E-state index is -2.98. The summed E-state index contributed by atoms with van der Waals surface area (Å²) in [4.78, 5) is 18.3. The smallest absolute Gasteiger partial charge is 0.270 e. The molecule has 1 aliphatic heterocycles. The van der Waals surface area contributed by atoms with Crippen LogP contribution in [0.3, 0.4) is 0 Å². The second-order valence-corrected chi connectivity index (χ2v) is 8.60. The van der Waals surface area contributed by atoms with E-state index in [1.54, 1.807) is 24.3 Å². The summed E-state index contributed by atoms with van der Waals surface area (Å²) in [5, 5.41) is 2.75. The van der Waals surface area contributed by atoms with Crippen LogP contribution in [0.2, 0.25) is 0 Å². The second-order valence-electron chi connectivity index (χ2n) is 6.38. The van der Waals surface area contributed by atoms with Gasteiger partial charge in [-0.2, -0.15) is 0 Å². The molecule has 1 aromatic carbocycles. The van der Waals surface area contributed by atoms with Gasteiger partial charge in [-0.15, -0.1) is 0 Å². The first-order valence-corrected chi connectivity index (χ1v) is 10.1. The molecule has 0 aliphatic carbocycles. The van der Waals surface area contributed by atoms with Crippen molar-refractivity contribution in [3.63, 3.8) is 0 Å². The van der Waals surface area contributed by atoms with E-state index in [-0.39, 0.29) is 41.5 Å². The van der Waals surface area contributed by atoms with E-state index in [0.717, 1.165) is 11.3 Å². The monoisotopic (exact) mass is 377 g/mol. The number of aromatic nitrogens is 1. The van der Waals surface area contributed by atoms with Crippen LogP contribution in [-0.4, -0.2) is 43.9 Å². The van der Waals surface area contributed by atoms with Crippen LogP contribution in [0, 0.1) is 5.82 Å². The Morgan fingerprint density at radius 2 is 2.04 bits per heavy atom. The highest BCUT2D eigenvalue weighted by molar-refractivity contribution is 7.91. The van der Waals surface area contributed by atoms with Gasteiger partial charge in [0, 0.05) is 31.5 Å². The van der Waals surface area contributed by atoms with Crippen LogP contribution in [0.15, 0.2) is 42.6 Å². The quantitative estimate of drug-likeness (QED) is 0.859. The molecule has 1 atom stereocenters. The molecule has 0 saturated carbocycles. The van der Waals surface area contributed by atoms with E-state index in [2.05, 4.69) is 10.3 Å². The molecule has 8 heteroatoms. The minimum Gasteiger partial charge on any atom is -0.370 e. The highest BCUT2D eigenvalue weighted by atomic mass is 32.2. The number of hydrogen-bond donors (Lipinski definition) is 1. The number of nitrogens with one attached hydrogen (secondary N) is 1. The molecule has 3 rings (SSSR count). The number of nitrogens with zero attached hydrogens (tertiary/aromatic N) is 2. The van der Waals surface area contributed by atoms with E-state index in [4.69, 9.17) is 0 Å². The van der Waals surface area contributed by atoms with Crippen LogP contribution < -0.4 is 10.2 Å². The van der Waals surface area contributed by atoms with E-state index < -0.39 is 9.84 Å². The van der Waals surface area contributed by atoms with Crippen molar-refractivity contribution in [1.82, 2.24) is 10.3 Å². The number of carbonyl (C=O) groups excluding carboxylic acids is 1. The Labute approximate surface area is 152 Å². The Balaban J connectivity index is 1.66. The molecule has 0 spiro atoms. The molecule has 2 aromatic rings. The van der Waals surface area contributed by atoms with Gasteiger partial charge in [0.15, 0.2) is 9.84 Å². The molecule has 1 unspecified atom stereocenters. The van der Waals surface area contributed by atoms with E-state index in [1.807, 2.05) is 11.9 Å². The SMILES string of the molecule is CN(c1ccnc(C(=O)NCc2ccc(F)cc2)c1)C1CCS(=O)(=O)C1. The summed E-state index contributed by atoms with van der Waals surface area (Å²) in [6, 6.07) is 9.18. The maximum absolute atomic E-state index is 12.9. The Morgan fingerprint density at radius 3 is 2.69 bits per heavy atom. The Bertz CT molecular complexity index is 900. The third-order valence-corrected chi connectivity index (χ3v) is 6.26. The average molecular weight is 377 g/mol. The van der Waals surface area contributed by atoms with E-state index in [1.165, 1.54) is 18.3 Å². The fourth-order valence-corrected chi connectivity index (χ4v) is 4.70. The van der Waals surface area contributed by atoms with E-state index >= 15 is 0 Å². The number of anilines is 1. The summed E-state index contributed by atoms with van der Waals surface area (Å²) in [6.45, 7) is 0.266. The van der Waals surface area contributed by atoms with Crippen LogP contribution in [-0.2, 0) is 16.4 Å². The molecule has 138 valence electrons. The lowest BCUT2D eigenvalue weighted by atomic mass is 10.2. The number of rotatable bonds is 5. The zero-order valence-corrected chi connectivity index (χ0v) is 15.2. The molecule has 0 radical (unpaired) electrons. The number of pyridine rings is 1. The number of benzene rings is 1. The van der Waals surface area contributed by atoms with Crippen LogP contribution in [0.1, 0.15) is 22.5 Å². The molecule has 1 fully saturated rings. The van der Waals surface area contributed by atoms with Crippen LogP contribution >= 0.6 is 0 Å². The summed E-state index contributed by atoms with van der Waals surface area (Å²) >= 11 is 0. The van der Waals surface area contributed by atoms with Crippen molar-refractivity contribution in [2.24, 2.45) is 0 Å². The number of carbonyl (C=O) groups is 1. The summed E-state index contributed by atoms with van der Waals surface area (Å²) in [5.74, 6) is -0.356. The molecular weight excluding hydrogens is 357 g/mol. The van der Waals surface area contributed by atoms with Crippen molar-refractivity contribution in [2.75, 3.05) is 23.5 Å². The van der Waals surface area contributed by atoms with Crippen molar-refractivity contribution < 1.29 is 17.6 Å². The highest BCUT2D eigenvalue weighted by Crippen LogP contribution is 2.23. The third kappa shape index (κ3) is 4.37. The lowest BCUT2D eigenvalue weighted by Crippen LogP contribution is -2.33. The lowest BCUT2D eigenvalue weighted by molar-refractivity contribution is 0.0946. The normalized spacial score (nSPS) is 18.5. The Kier molecular flexibility index (Phi) is 5.22. The fourth-order valence-electron chi connectivity index (χ4n) is 2.93. The molecule has 26 heavy (non-hydrogen) atoms. The van der Waals surface area contributed by atoms with Gasteiger partial charge in [-0.25, -0.2) is 12.8 Å². The van der Waals surface area contributed by atoms with Crippen molar-refractivity contribution in [3.8, 4) is 0 Å². The predicted octanol–water partition coefficient (Wildman–Crippen LogP) is 1.77. The van der Waals surface area contributed by atoms with Gasteiger partial charge >= 0.3 is 0 Å². The zero-order valence-electron chi connectivity index (χ0n) is 14.4. The van der Waals surface area contributed by atoms with E-state index in [0.29, 0.717) is 6.42 Å². The first kappa shape index (κ1) is 18.3. The van der Waals surface area contributed by atoms with E-state index in [9.17, 15) is 17.6 Å². The van der Waals surface area contributed by atoms with Crippen molar-refractivity contribution in [3.05, 3.63) is 59.7 Å². The van der Waals surface area contributed by atoms with Gasteiger partial charge in [0.1, 0.15) is 11.5 Å². The Hall–Kier alpha value is -2.48. The maximum atomic E-state index is 12.9. The Morgan fingerprint density at radius 1 is 1.31 bits per heavy atom. The molecule has 1 aliphatic rings. The predicted molar refractivity (Wildman–Crippen MR) is 97.3 cm³/mol. The topological polar surface area (TPSA) is 79.4 Å². The van der Waals surface area contributed by atoms with Crippen molar-refractivity contribution >= 4 is 21.4 Å². The standard InChI is InChI=1S/C18H20FN3O3S/c1-22(16-7-9-26(24,25)12-16)15-6-8-20-17(10-15)18(23)21-11-13-2-4-14(19)5-3-13/h2-6,8,10,16H,7,9,11-12H2,1H3,(H,21,23). The summed E-state index contributed by atoms with van der Waals surface area (Å²) < 4.78 is 36.2. The molecule has 6 nitrogen and oxygen atoms in total. The molecule has 2 heterocycles. The van der Waals surface area contributed by atoms with Gasteiger partial charge in [-0.3, -0.25) is 9.78 Å². The summed E-state index contributed by atoms with van der Waals surface area (Å²) in [7, 11) is -1.16. The largest absolute Gasteiger partial charge is 0.370 e. The minimum absolute atomic E-state index is 0.0995. The summed E-state index contributed by atoms with van der Waals surface area (Å²) in [5.41, 5.74) is 1.77. The van der Waals surface area contributed by atoms with Crippen molar-refractivity contribution in [1.29, 1.82) is 0 Å². The lowest BCUT2D eigenvalue weighted by Gasteiger charge is -2.25. The first-order chi connectivity index (χ1) is 12.3. The fraction of sp³-hybridized carbons (Fsp3) is 0.333. The first-order valence-electron chi connectivity index (χ1n) is 8.26. The average Bonchev–Trinajstić information content (AvgIpc) is 3.00. The van der Waals surface area contributed by atoms with Gasteiger partial charge in [-0.05, 0) is 36.2 Å². The number of halogens is 1. The van der Waals surface area contributed by atoms with Crippen LogP contribution in [0.25, 0.3) is 0 Å². The van der Waals surface area contributed by atoms with Crippen molar-refractivity contribution in [2.45, 2.75) is 19.0 Å². The molecule has 1 aromatic heterocycles.